The van der Waals surface area contributed by atoms with E-state index in [1.54, 1.807) is 62.6 Å². The number of hydrogen-bond donors (Lipinski definition) is 1. The number of benzene rings is 2. The number of nitrogens with zero attached hydrogens (tertiary/aromatic N) is 2. The van der Waals surface area contributed by atoms with Gasteiger partial charge in [0.2, 0.25) is 5.76 Å². The highest BCUT2D eigenvalue weighted by atomic mass is 16.5. The van der Waals surface area contributed by atoms with Crippen molar-refractivity contribution in [2.45, 2.75) is 6.92 Å². The van der Waals surface area contributed by atoms with Crippen LogP contribution in [0.5, 0.6) is 5.75 Å². The molecule has 0 unspecified atom stereocenters. The summed E-state index contributed by atoms with van der Waals surface area (Å²) in [5.74, 6) is -0.622. The molecule has 0 atom stereocenters. The van der Waals surface area contributed by atoms with Gasteiger partial charge in [0.05, 0.1) is 23.9 Å². The average Bonchev–Trinajstić information content (AvgIpc) is 3.14. The normalized spacial score (nSPS) is 10.6. The van der Waals surface area contributed by atoms with Gasteiger partial charge < -0.3 is 19.2 Å². The second-order valence-electron chi connectivity index (χ2n) is 6.72. The van der Waals surface area contributed by atoms with Gasteiger partial charge in [-0.15, -0.1) is 0 Å². The molecule has 1 amide bonds. The number of para-hydroxylation sites is 1. The van der Waals surface area contributed by atoms with E-state index < -0.39 is 18.5 Å². The molecule has 0 bridgehead atoms. The lowest BCUT2D eigenvalue weighted by molar-refractivity contribution is -0.119. The first-order valence-electron chi connectivity index (χ1n) is 9.34. The number of hydrogen-bond acceptors (Lipinski definition) is 7. The van der Waals surface area contributed by atoms with Crippen molar-refractivity contribution in [2.75, 3.05) is 19.0 Å². The maximum atomic E-state index is 12.5. The van der Waals surface area contributed by atoms with Crippen LogP contribution < -0.4 is 10.1 Å². The maximum absolute atomic E-state index is 12.5. The second kappa shape index (κ2) is 8.16. The Labute approximate surface area is 177 Å². The quantitative estimate of drug-likeness (QED) is 0.491. The van der Waals surface area contributed by atoms with Crippen LogP contribution in [0, 0.1) is 18.3 Å². The van der Waals surface area contributed by atoms with Gasteiger partial charge in [0, 0.05) is 16.8 Å². The number of nitriles is 1. The summed E-state index contributed by atoms with van der Waals surface area (Å²) in [6, 6.07) is 15.8. The lowest BCUT2D eigenvalue weighted by Crippen LogP contribution is -2.21. The van der Waals surface area contributed by atoms with Crippen molar-refractivity contribution in [3.8, 4) is 11.8 Å². The fourth-order valence-electron chi connectivity index (χ4n) is 3.21. The highest BCUT2D eigenvalue weighted by Crippen LogP contribution is 2.30. The zero-order valence-electron chi connectivity index (χ0n) is 16.8. The number of nitrogens with one attached hydrogen (secondary N) is 1. The van der Waals surface area contributed by atoms with Crippen molar-refractivity contribution in [1.82, 2.24) is 4.98 Å². The topological polar surface area (TPSA) is 114 Å². The third kappa shape index (κ3) is 3.89. The molecule has 0 spiro atoms. The van der Waals surface area contributed by atoms with Gasteiger partial charge in [0.25, 0.3) is 5.91 Å². The number of aromatic nitrogens is 1. The Morgan fingerprint density at radius 2 is 2.00 bits per heavy atom. The van der Waals surface area contributed by atoms with Crippen LogP contribution in [0.25, 0.3) is 21.9 Å². The number of furan rings is 1. The molecule has 0 aliphatic rings. The zero-order valence-corrected chi connectivity index (χ0v) is 16.8. The number of fused-ring (bicyclic) bond motifs is 2. The number of pyridine rings is 1. The molecule has 2 aromatic heterocycles. The molecule has 0 fully saturated rings. The van der Waals surface area contributed by atoms with Gasteiger partial charge in [0.1, 0.15) is 23.1 Å². The predicted molar refractivity (Wildman–Crippen MR) is 113 cm³/mol. The van der Waals surface area contributed by atoms with Crippen LogP contribution in [0.2, 0.25) is 0 Å². The van der Waals surface area contributed by atoms with Gasteiger partial charge >= 0.3 is 5.97 Å². The van der Waals surface area contributed by atoms with E-state index in [1.165, 1.54) is 0 Å². The Balaban J connectivity index is 1.48. The van der Waals surface area contributed by atoms with Crippen LogP contribution in [0.1, 0.15) is 21.8 Å². The van der Waals surface area contributed by atoms with Crippen LogP contribution >= 0.6 is 0 Å². The Bertz CT molecular complexity index is 1370. The van der Waals surface area contributed by atoms with Gasteiger partial charge in [-0.25, -0.2) is 4.79 Å². The monoisotopic (exact) mass is 415 g/mol. The Morgan fingerprint density at radius 1 is 1.19 bits per heavy atom. The Kier molecular flexibility index (Phi) is 5.24. The van der Waals surface area contributed by atoms with E-state index >= 15 is 0 Å². The molecule has 0 saturated carbocycles. The first-order chi connectivity index (χ1) is 15.0. The minimum Gasteiger partial charge on any atom is -0.497 e. The fraction of sp³-hybridized carbons (Fsp3) is 0.130. The van der Waals surface area contributed by atoms with Crippen molar-refractivity contribution in [3.05, 3.63) is 65.5 Å². The van der Waals surface area contributed by atoms with E-state index in [1.807, 2.05) is 6.07 Å². The molecule has 8 heteroatoms. The van der Waals surface area contributed by atoms with Crippen LogP contribution in [-0.2, 0) is 9.53 Å². The highest BCUT2D eigenvalue weighted by molar-refractivity contribution is 6.04. The van der Waals surface area contributed by atoms with E-state index in [-0.39, 0.29) is 17.0 Å². The Morgan fingerprint density at radius 3 is 2.77 bits per heavy atom. The lowest BCUT2D eigenvalue weighted by Gasteiger charge is -2.09. The third-order valence-electron chi connectivity index (χ3n) is 4.73. The molecular formula is C23H17N3O5. The smallest absolute Gasteiger partial charge is 0.340 e. The highest BCUT2D eigenvalue weighted by Gasteiger charge is 2.19. The number of carbonyl (C=O) groups excluding carboxylic acids is 2. The molecule has 0 aliphatic carbocycles. The fourth-order valence-corrected chi connectivity index (χ4v) is 3.21. The van der Waals surface area contributed by atoms with Gasteiger partial charge in [-0.1, -0.05) is 12.1 Å². The summed E-state index contributed by atoms with van der Waals surface area (Å²) in [7, 11) is 1.57. The molecule has 4 aromatic rings. The summed E-state index contributed by atoms with van der Waals surface area (Å²) in [6.07, 6.45) is 0. The molecule has 0 aliphatic heterocycles. The van der Waals surface area contributed by atoms with Gasteiger partial charge in [0.15, 0.2) is 6.61 Å². The summed E-state index contributed by atoms with van der Waals surface area (Å²) < 4.78 is 15.8. The molecule has 8 nitrogen and oxygen atoms in total. The SMILES string of the molecule is COc1ccc2cc(C(=O)OCC(=O)Nc3c(C#N)oc4ccccc34)c(C)nc2c1. The average molecular weight is 415 g/mol. The van der Waals surface area contributed by atoms with Crippen molar-refractivity contribution in [2.24, 2.45) is 0 Å². The van der Waals surface area contributed by atoms with E-state index in [4.69, 9.17) is 13.9 Å². The summed E-state index contributed by atoms with van der Waals surface area (Å²) in [5, 5.41) is 13.2. The number of ether oxygens (including phenoxy) is 2. The first-order valence-corrected chi connectivity index (χ1v) is 9.34. The minimum atomic E-state index is -0.671. The molecular weight excluding hydrogens is 398 g/mol. The third-order valence-corrected chi connectivity index (χ3v) is 4.73. The summed E-state index contributed by atoms with van der Waals surface area (Å²) in [5.41, 5.74) is 2.13. The molecule has 0 saturated heterocycles. The van der Waals surface area contributed by atoms with Crippen LogP contribution in [0.4, 0.5) is 5.69 Å². The van der Waals surface area contributed by atoms with E-state index in [0.29, 0.717) is 27.9 Å². The van der Waals surface area contributed by atoms with Gasteiger partial charge in [-0.05, 0) is 37.3 Å². The van der Waals surface area contributed by atoms with E-state index in [0.717, 1.165) is 5.39 Å². The second-order valence-corrected chi connectivity index (χ2v) is 6.72. The van der Waals surface area contributed by atoms with Gasteiger partial charge in [-0.2, -0.15) is 5.26 Å². The number of esters is 1. The minimum absolute atomic E-state index is 0.0223. The molecule has 2 aromatic carbocycles. The number of anilines is 1. The summed E-state index contributed by atoms with van der Waals surface area (Å²) >= 11 is 0. The molecule has 2 heterocycles. The molecule has 1 N–H and O–H groups in total. The molecule has 31 heavy (non-hydrogen) atoms. The van der Waals surface area contributed by atoms with Crippen molar-refractivity contribution in [1.29, 1.82) is 5.26 Å². The van der Waals surface area contributed by atoms with E-state index in [9.17, 15) is 14.9 Å². The standard InChI is InChI=1S/C23H17N3O5/c1-13-17(9-14-7-8-15(29-2)10-18(14)25-13)23(28)30-12-21(27)26-22-16-5-3-4-6-19(16)31-20(22)11-24/h3-10H,12H2,1-2H3,(H,26,27). The summed E-state index contributed by atoms with van der Waals surface area (Å²) in [4.78, 5) is 29.3. The Hall–Kier alpha value is -4.38. The number of methoxy groups -OCH3 is 1. The maximum Gasteiger partial charge on any atom is 0.340 e. The largest absolute Gasteiger partial charge is 0.497 e. The number of carbonyl (C=O) groups is 2. The van der Waals surface area contributed by atoms with Crippen LogP contribution in [-0.4, -0.2) is 30.6 Å². The van der Waals surface area contributed by atoms with Crippen molar-refractivity contribution in [3.63, 3.8) is 0 Å². The van der Waals surface area contributed by atoms with Crippen LogP contribution in [0.15, 0.2) is 52.9 Å². The van der Waals surface area contributed by atoms with Gasteiger partial charge in [-0.3, -0.25) is 9.78 Å². The van der Waals surface area contributed by atoms with Crippen LogP contribution in [0.3, 0.4) is 0 Å². The number of amides is 1. The van der Waals surface area contributed by atoms with E-state index in [2.05, 4.69) is 10.3 Å². The molecule has 0 radical (unpaired) electrons. The predicted octanol–water partition coefficient (Wildman–Crippen LogP) is 3.97. The zero-order chi connectivity index (χ0) is 22.0. The molecule has 4 rings (SSSR count). The molecule has 154 valence electrons. The first kappa shape index (κ1) is 19.9. The number of aryl methyl sites for hydroxylation is 1. The summed E-state index contributed by atoms with van der Waals surface area (Å²) in [6.45, 7) is 1.16. The number of rotatable bonds is 5. The lowest BCUT2D eigenvalue weighted by atomic mass is 10.1. The van der Waals surface area contributed by atoms with Crippen molar-refractivity contribution < 1.29 is 23.5 Å². The van der Waals surface area contributed by atoms with Crippen molar-refractivity contribution >= 4 is 39.4 Å².